The summed E-state index contributed by atoms with van der Waals surface area (Å²) in [5.74, 6) is 0.521. The molecule has 0 radical (unpaired) electrons. The molecule has 7 heteroatoms. The van der Waals surface area contributed by atoms with Gasteiger partial charge in [-0.3, -0.25) is 5.41 Å². The first-order chi connectivity index (χ1) is 13.9. The Balaban J connectivity index is 1.70. The molecule has 0 spiro atoms. The summed E-state index contributed by atoms with van der Waals surface area (Å²) in [6.45, 7) is 1.77. The molecule has 0 aromatic heterocycles. The highest BCUT2D eigenvalue weighted by atomic mass is 32.2. The average Bonchev–Trinajstić information content (AvgIpc) is 3.13. The smallest absolute Gasteiger partial charge is 0.224 e. The van der Waals surface area contributed by atoms with Gasteiger partial charge in [0, 0.05) is 29.7 Å². The number of likely N-dealkylation sites (tertiary alicyclic amines) is 1. The molecule has 0 aliphatic carbocycles. The number of nitrogens with zero attached hydrogens (tertiary/aromatic N) is 1. The second kappa shape index (κ2) is 7.50. The third-order valence-electron chi connectivity index (χ3n) is 5.23. The summed E-state index contributed by atoms with van der Waals surface area (Å²) in [7, 11) is -2.02. The van der Waals surface area contributed by atoms with Crippen LogP contribution in [0.5, 0.6) is 5.75 Å². The van der Waals surface area contributed by atoms with Gasteiger partial charge in [-0.2, -0.15) is 0 Å². The predicted octanol–water partition coefficient (Wildman–Crippen LogP) is 3.30. The van der Waals surface area contributed by atoms with Gasteiger partial charge in [-0.05, 0) is 43.1 Å². The molecule has 1 aliphatic heterocycles. The Morgan fingerprint density at radius 1 is 1.14 bits per heavy atom. The summed E-state index contributed by atoms with van der Waals surface area (Å²) < 4.78 is 32.5. The summed E-state index contributed by atoms with van der Waals surface area (Å²) in [5, 5.41) is 9.33. The topological polar surface area (TPSA) is 96.5 Å². The molecule has 0 amide bonds. The number of anilines is 1. The number of hydrogen-bond donors (Lipinski definition) is 2. The first-order valence-electron chi connectivity index (χ1n) is 9.43. The van der Waals surface area contributed by atoms with Gasteiger partial charge in [0.15, 0.2) is 5.04 Å². The molecule has 1 atom stereocenters. The van der Waals surface area contributed by atoms with Gasteiger partial charge in [0.25, 0.3) is 0 Å². The molecular formula is C22H23N3O3S. The SMILES string of the molecule is CN1CCC(Oc2ccc(N)c(C(=N)S(=O)(=O)c3cccc4ccccc34)c2)C1. The summed E-state index contributed by atoms with van der Waals surface area (Å²) in [5.41, 5.74) is 6.42. The molecule has 1 fully saturated rings. The summed E-state index contributed by atoms with van der Waals surface area (Å²) >= 11 is 0. The summed E-state index contributed by atoms with van der Waals surface area (Å²) in [6.07, 6.45) is 0.947. The van der Waals surface area contributed by atoms with Crippen molar-refractivity contribution in [3.8, 4) is 5.75 Å². The number of nitrogens with two attached hydrogens (primary N) is 1. The van der Waals surface area contributed by atoms with E-state index in [2.05, 4.69) is 4.90 Å². The zero-order valence-electron chi connectivity index (χ0n) is 16.1. The van der Waals surface area contributed by atoms with Crippen LogP contribution in [-0.2, 0) is 9.84 Å². The maximum absolute atomic E-state index is 13.3. The molecule has 0 saturated carbocycles. The van der Waals surface area contributed by atoms with Crippen LogP contribution in [0.15, 0.2) is 65.6 Å². The number of nitrogen functional groups attached to an aromatic ring is 1. The molecule has 3 aromatic carbocycles. The van der Waals surface area contributed by atoms with Crippen molar-refractivity contribution in [3.63, 3.8) is 0 Å². The van der Waals surface area contributed by atoms with Crippen LogP contribution in [-0.4, -0.2) is 44.6 Å². The maximum atomic E-state index is 13.3. The highest BCUT2D eigenvalue weighted by molar-refractivity contribution is 8.07. The highest BCUT2D eigenvalue weighted by Gasteiger charge is 2.27. The van der Waals surface area contributed by atoms with Crippen molar-refractivity contribution in [1.82, 2.24) is 4.90 Å². The Bertz CT molecular complexity index is 1190. The molecule has 3 N–H and O–H groups in total. The molecule has 3 aromatic rings. The predicted molar refractivity (Wildman–Crippen MR) is 115 cm³/mol. The van der Waals surface area contributed by atoms with Crippen molar-refractivity contribution in [2.45, 2.75) is 17.4 Å². The number of ether oxygens (including phenoxy) is 1. The monoisotopic (exact) mass is 409 g/mol. The van der Waals surface area contributed by atoms with Gasteiger partial charge < -0.3 is 15.4 Å². The molecule has 150 valence electrons. The lowest BCUT2D eigenvalue weighted by molar-refractivity contribution is 0.208. The van der Waals surface area contributed by atoms with Crippen LogP contribution < -0.4 is 10.5 Å². The number of likely N-dealkylation sites (N-methyl/N-ethyl adjacent to an activating group) is 1. The van der Waals surface area contributed by atoms with Crippen LogP contribution in [0.2, 0.25) is 0 Å². The van der Waals surface area contributed by atoms with E-state index in [1.54, 1.807) is 36.4 Å². The van der Waals surface area contributed by atoms with E-state index in [0.717, 1.165) is 24.9 Å². The highest BCUT2D eigenvalue weighted by Crippen LogP contribution is 2.29. The second-order valence-electron chi connectivity index (χ2n) is 7.35. The third-order valence-corrected chi connectivity index (χ3v) is 6.92. The normalized spacial score (nSPS) is 17.5. The van der Waals surface area contributed by atoms with Crippen LogP contribution in [0.25, 0.3) is 10.8 Å². The van der Waals surface area contributed by atoms with Crippen LogP contribution in [0.1, 0.15) is 12.0 Å². The van der Waals surface area contributed by atoms with Crippen molar-refractivity contribution in [2.75, 3.05) is 25.9 Å². The standard InChI is InChI=1S/C22H23N3O3S/c1-25-12-11-17(14-25)28-16-9-10-20(23)19(13-16)22(24)29(26,27)21-8-4-6-15-5-2-3-7-18(15)21/h2-10,13,17,24H,11-12,14,23H2,1H3. The van der Waals surface area contributed by atoms with Crippen molar-refractivity contribution in [3.05, 3.63) is 66.2 Å². The Kier molecular flexibility index (Phi) is 5.02. The van der Waals surface area contributed by atoms with Gasteiger partial charge >= 0.3 is 0 Å². The lowest BCUT2D eigenvalue weighted by Crippen LogP contribution is -2.22. The second-order valence-corrected chi connectivity index (χ2v) is 9.20. The van der Waals surface area contributed by atoms with E-state index in [4.69, 9.17) is 15.9 Å². The Morgan fingerprint density at radius 2 is 1.90 bits per heavy atom. The fourth-order valence-corrected chi connectivity index (χ4v) is 5.09. The maximum Gasteiger partial charge on any atom is 0.224 e. The van der Waals surface area contributed by atoms with Gasteiger partial charge in [0.2, 0.25) is 9.84 Å². The minimum atomic E-state index is -4.05. The molecule has 1 saturated heterocycles. The molecule has 1 aliphatic rings. The Labute approximate surface area is 170 Å². The number of sulfone groups is 1. The third kappa shape index (κ3) is 3.71. The Hall–Kier alpha value is -2.90. The first kappa shape index (κ1) is 19.4. The van der Waals surface area contributed by atoms with Crippen molar-refractivity contribution in [2.24, 2.45) is 0 Å². The average molecular weight is 410 g/mol. The molecule has 29 heavy (non-hydrogen) atoms. The van der Waals surface area contributed by atoms with Crippen LogP contribution in [0, 0.1) is 5.41 Å². The van der Waals surface area contributed by atoms with E-state index < -0.39 is 14.9 Å². The van der Waals surface area contributed by atoms with Crippen LogP contribution in [0.4, 0.5) is 5.69 Å². The number of hydrogen-bond acceptors (Lipinski definition) is 6. The summed E-state index contributed by atoms with van der Waals surface area (Å²) in [6, 6.07) is 17.1. The minimum Gasteiger partial charge on any atom is -0.489 e. The van der Waals surface area contributed by atoms with Crippen LogP contribution >= 0.6 is 0 Å². The number of rotatable bonds is 4. The van der Waals surface area contributed by atoms with Gasteiger partial charge in [0.1, 0.15) is 11.9 Å². The molecule has 4 rings (SSSR count). The fraction of sp³-hybridized carbons (Fsp3) is 0.227. The molecule has 6 nitrogen and oxygen atoms in total. The van der Waals surface area contributed by atoms with E-state index in [1.807, 2.05) is 25.2 Å². The van der Waals surface area contributed by atoms with Gasteiger partial charge in [-0.25, -0.2) is 8.42 Å². The van der Waals surface area contributed by atoms with Crippen molar-refractivity contribution < 1.29 is 13.2 Å². The fourth-order valence-electron chi connectivity index (χ4n) is 3.67. The minimum absolute atomic E-state index is 0.0420. The van der Waals surface area contributed by atoms with Gasteiger partial charge in [-0.1, -0.05) is 36.4 Å². The lowest BCUT2D eigenvalue weighted by atomic mass is 10.1. The van der Waals surface area contributed by atoms with Crippen LogP contribution in [0.3, 0.4) is 0 Å². The largest absolute Gasteiger partial charge is 0.489 e. The van der Waals surface area contributed by atoms with E-state index in [-0.39, 0.29) is 22.3 Å². The summed E-state index contributed by atoms with van der Waals surface area (Å²) in [4.78, 5) is 2.28. The molecule has 1 heterocycles. The Morgan fingerprint density at radius 3 is 2.66 bits per heavy atom. The van der Waals surface area contributed by atoms with E-state index in [9.17, 15) is 8.42 Å². The van der Waals surface area contributed by atoms with Gasteiger partial charge in [0.05, 0.1) is 4.90 Å². The van der Waals surface area contributed by atoms with Crippen molar-refractivity contribution in [1.29, 1.82) is 5.41 Å². The quantitative estimate of drug-likeness (QED) is 0.391. The first-order valence-corrected chi connectivity index (χ1v) is 10.9. The lowest BCUT2D eigenvalue weighted by Gasteiger charge is -2.16. The molecule has 1 unspecified atom stereocenters. The zero-order chi connectivity index (χ0) is 20.6. The van der Waals surface area contributed by atoms with E-state index in [1.165, 1.54) is 6.07 Å². The van der Waals surface area contributed by atoms with Gasteiger partial charge in [-0.15, -0.1) is 0 Å². The molecular weight excluding hydrogens is 386 g/mol. The van der Waals surface area contributed by atoms with E-state index in [0.29, 0.717) is 11.1 Å². The number of benzene rings is 3. The van der Waals surface area contributed by atoms with E-state index >= 15 is 0 Å². The number of nitrogens with one attached hydrogen (secondary N) is 1. The number of fused-ring (bicyclic) bond motifs is 1. The van der Waals surface area contributed by atoms with Crippen molar-refractivity contribution >= 4 is 31.3 Å². The zero-order valence-corrected chi connectivity index (χ0v) is 16.9. The molecule has 0 bridgehead atoms.